The van der Waals surface area contributed by atoms with Crippen molar-refractivity contribution in [3.8, 4) is 11.3 Å². The maximum Gasteiger partial charge on any atom is 0.336 e. The fourth-order valence-electron chi connectivity index (χ4n) is 3.77. The molecule has 0 atom stereocenters. The predicted molar refractivity (Wildman–Crippen MR) is 107 cm³/mol. The molecule has 1 fully saturated rings. The minimum Gasteiger partial charge on any atom is -0.478 e. The van der Waals surface area contributed by atoms with E-state index in [9.17, 15) is 9.90 Å². The van der Waals surface area contributed by atoms with Crippen LogP contribution in [0.5, 0.6) is 0 Å². The second kappa shape index (κ2) is 7.86. The highest BCUT2D eigenvalue weighted by Gasteiger charge is 2.23. The van der Waals surface area contributed by atoms with Crippen molar-refractivity contribution >= 4 is 16.9 Å². The molecule has 2 heterocycles. The molecule has 0 bridgehead atoms. The van der Waals surface area contributed by atoms with Crippen LogP contribution in [-0.2, 0) is 6.54 Å². The van der Waals surface area contributed by atoms with Gasteiger partial charge >= 0.3 is 5.97 Å². The van der Waals surface area contributed by atoms with Crippen LogP contribution >= 0.6 is 0 Å². The van der Waals surface area contributed by atoms with Gasteiger partial charge in [-0.15, -0.1) is 0 Å². The van der Waals surface area contributed by atoms with Gasteiger partial charge in [-0.3, -0.25) is 4.90 Å². The minimum absolute atomic E-state index is 0.372. The number of carbonyl (C=O) groups is 1. The third kappa shape index (κ3) is 3.70. The molecule has 0 radical (unpaired) electrons. The molecule has 3 aromatic rings. The van der Waals surface area contributed by atoms with Gasteiger partial charge in [0.2, 0.25) is 0 Å². The molecule has 0 unspecified atom stereocenters. The maximum absolute atomic E-state index is 12.3. The Morgan fingerprint density at radius 1 is 1.04 bits per heavy atom. The molecule has 2 aromatic carbocycles. The summed E-state index contributed by atoms with van der Waals surface area (Å²) < 4.78 is 0. The zero-order valence-electron chi connectivity index (χ0n) is 15.2. The molecule has 138 valence electrons. The predicted octanol–water partition coefficient (Wildman–Crippen LogP) is 3.40. The SMILES string of the molecule is O=C(O)c1c(CN2CCCNCC2)c(-c2ccccc2)nc2ccccc12. The number of para-hydroxylation sites is 1. The Bertz CT molecular complexity index is 948. The van der Waals surface area contributed by atoms with Gasteiger partial charge in [-0.2, -0.15) is 0 Å². The summed E-state index contributed by atoms with van der Waals surface area (Å²) in [4.78, 5) is 19.5. The number of benzene rings is 2. The van der Waals surface area contributed by atoms with E-state index in [2.05, 4.69) is 10.2 Å². The lowest BCUT2D eigenvalue weighted by Crippen LogP contribution is -2.29. The van der Waals surface area contributed by atoms with Gasteiger partial charge in [-0.05, 0) is 25.6 Å². The van der Waals surface area contributed by atoms with E-state index in [-0.39, 0.29) is 0 Å². The van der Waals surface area contributed by atoms with Crippen molar-refractivity contribution in [3.63, 3.8) is 0 Å². The van der Waals surface area contributed by atoms with Crippen molar-refractivity contribution < 1.29 is 9.90 Å². The van der Waals surface area contributed by atoms with E-state index in [1.165, 1.54) is 0 Å². The number of carboxylic acid groups (broad SMARTS) is 1. The molecule has 4 rings (SSSR count). The van der Waals surface area contributed by atoms with Crippen LogP contribution in [0.4, 0.5) is 0 Å². The van der Waals surface area contributed by atoms with Gasteiger partial charge in [0, 0.05) is 36.1 Å². The van der Waals surface area contributed by atoms with Gasteiger partial charge < -0.3 is 10.4 Å². The third-order valence-corrected chi connectivity index (χ3v) is 5.07. The lowest BCUT2D eigenvalue weighted by molar-refractivity contribution is 0.0696. The van der Waals surface area contributed by atoms with Crippen LogP contribution in [0.1, 0.15) is 22.3 Å². The minimum atomic E-state index is -0.895. The summed E-state index contributed by atoms with van der Waals surface area (Å²) in [7, 11) is 0. The third-order valence-electron chi connectivity index (χ3n) is 5.07. The van der Waals surface area contributed by atoms with Crippen LogP contribution in [0, 0.1) is 0 Å². The van der Waals surface area contributed by atoms with Crippen molar-refractivity contribution in [2.45, 2.75) is 13.0 Å². The number of aromatic carboxylic acids is 1. The number of nitrogens with one attached hydrogen (secondary N) is 1. The van der Waals surface area contributed by atoms with Gasteiger partial charge in [0.15, 0.2) is 0 Å². The Morgan fingerprint density at radius 3 is 2.63 bits per heavy atom. The highest BCUT2D eigenvalue weighted by Crippen LogP contribution is 2.31. The number of carboxylic acids is 1. The molecule has 0 saturated carbocycles. The van der Waals surface area contributed by atoms with E-state index >= 15 is 0 Å². The van der Waals surface area contributed by atoms with Gasteiger partial charge in [-0.25, -0.2) is 9.78 Å². The second-order valence-electron chi connectivity index (χ2n) is 6.88. The van der Waals surface area contributed by atoms with Crippen LogP contribution in [0.15, 0.2) is 54.6 Å². The summed E-state index contributed by atoms with van der Waals surface area (Å²) in [5.74, 6) is -0.895. The number of rotatable bonds is 4. The molecule has 5 heteroatoms. The fraction of sp³-hybridized carbons (Fsp3) is 0.273. The lowest BCUT2D eigenvalue weighted by atomic mass is 9.96. The summed E-state index contributed by atoms with van der Waals surface area (Å²) in [6, 6.07) is 17.4. The van der Waals surface area contributed by atoms with Crippen LogP contribution in [0.25, 0.3) is 22.2 Å². The Hall–Kier alpha value is -2.76. The Kier molecular flexibility index (Phi) is 5.14. The first-order valence-corrected chi connectivity index (χ1v) is 9.37. The number of hydrogen-bond donors (Lipinski definition) is 2. The molecule has 0 aliphatic carbocycles. The lowest BCUT2D eigenvalue weighted by Gasteiger charge is -2.23. The first-order valence-electron chi connectivity index (χ1n) is 9.37. The van der Waals surface area contributed by atoms with E-state index in [1.807, 2.05) is 54.6 Å². The van der Waals surface area contributed by atoms with Crippen LogP contribution < -0.4 is 5.32 Å². The number of fused-ring (bicyclic) bond motifs is 1. The molecule has 0 amide bonds. The quantitative estimate of drug-likeness (QED) is 0.746. The van der Waals surface area contributed by atoms with Crippen molar-refractivity contribution in [2.24, 2.45) is 0 Å². The number of aromatic nitrogens is 1. The summed E-state index contributed by atoms with van der Waals surface area (Å²) in [5.41, 5.74) is 3.61. The fourth-order valence-corrected chi connectivity index (χ4v) is 3.77. The first-order chi connectivity index (χ1) is 13.2. The smallest absolute Gasteiger partial charge is 0.336 e. The zero-order valence-corrected chi connectivity index (χ0v) is 15.2. The molecule has 1 aliphatic rings. The van der Waals surface area contributed by atoms with Crippen LogP contribution in [-0.4, -0.2) is 47.1 Å². The van der Waals surface area contributed by atoms with E-state index in [1.54, 1.807) is 0 Å². The Morgan fingerprint density at radius 2 is 1.81 bits per heavy atom. The molecule has 2 N–H and O–H groups in total. The van der Waals surface area contributed by atoms with E-state index in [0.717, 1.165) is 54.9 Å². The highest BCUT2D eigenvalue weighted by atomic mass is 16.4. The van der Waals surface area contributed by atoms with Crippen LogP contribution in [0.2, 0.25) is 0 Å². The number of nitrogens with zero attached hydrogens (tertiary/aromatic N) is 2. The molecule has 1 saturated heterocycles. The van der Waals surface area contributed by atoms with Gasteiger partial charge in [0.25, 0.3) is 0 Å². The van der Waals surface area contributed by atoms with Gasteiger partial charge in [0.1, 0.15) is 0 Å². The summed E-state index contributed by atoms with van der Waals surface area (Å²) in [6.07, 6.45) is 1.06. The van der Waals surface area contributed by atoms with E-state index in [4.69, 9.17) is 4.98 Å². The molecule has 0 spiro atoms. The number of pyridine rings is 1. The summed E-state index contributed by atoms with van der Waals surface area (Å²) in [6.45, 7) is 4.37. The van der Waals surface area contributed by atoms with Crippen molar-refractivity contribution in [3.05, 3.63) is 65.7 Å². The largest absolute Gasteiger partial charge is 0.478 e. The normalized spacial score (nSPS) is 15.6. The Balaban J connectivity index is 1.92. The van der Waals surface area contributed by atoms with Gasteiger partial charge in [-0.1, -0.05) is 48.5 Å². The average Bonchev–Trinajstić information content (AvgIpc) is 2.96. The first kappa shape index (κ1) is 17.6. The highest BCUT2D eigenvalue weighted by molar-refractivity contribution is 6.05. The maximum atomic E-state index is 12.3. The average molecular weight is 361 g/mol. The van der Waals surface area contributed by atoms with Crippen LogP contribution in [0.3, 0.4) is 0 Å². The van der Waals surface area contributed by atoms with E-state index < -0.39 is 5.97 Å². The van der Waals surface area contributed by atoms with Gasteiger partial charge in [0.05, 0.1) is 16.8 Å². The van der Waals surface area contributed by atoms with Crippen molar-refractivity contribution in [1.82, 2.24) is 15.2 Å². The topological polar surface area (TPSA) is 65.5 Å². The number of hydrogen-bond acceptors (Lipinski definition) is 4. The summed E-state index contributed by atoms with van der Waals surface area (Å²) in [5, 5.41) is 14.2. The summed E-state index contributed by atoms with van der Waals surface area (Å²) >= 11 is 0. The second-order valence-corrected chi connectivity index (χ2v) is 6.88. The van der Waals surface area contributed by atoms with E-state index in [0.29, 0.717) is 17.5 Å². The monoisotopic (exact) mass is 361 g/mol. The molecular weight excluding hydrogens is 338 g/mol. The Labute approximate surface area is 158 Å². The molecule has 1 aromatic heterocycles. The molecular formula is C22H23N3O2. The zero-order chi connectivity index (χ0) is 18.6. The molecule has 27 heavy (non-hydrogen) atoms. The molecule has 5 nitrogen and oxygen atoms in total. The molecule has 1 aliphatic heterocycles. The van der Waals surface area contributed by atoms with Crippen molar-refractivity contribution in [1.29, 1.82) is 0 Å². The van der Waals surface area contributed by atoms with Crippen molar-refractivity contribution in [2.75, 3.05) is 26.2 Å². The standard InChI is InChI=1S/C22H23N3O2/c26-22(27)20-17-9-4-5-10-19(17)24-21(16-7-2-1-3-8-16)18(20)15-25-13-6-11-23-12-14-25/h1-5,7-10,23H,6,11-15H2,(H,26,27).